The lowest BCUT2D eigenvalue weighted by molar-refractivity contribution is 0.419. The van der Waals surface area contributed by atoms with Crippen molar-refractivity contribution in [1.29, 1.82) is 0 Å². The molecule has 4 nitrogen and oxygen atoms in total. The molecule has 3 rings (SSSR count). The molecule has 0 saturated carbocycles. The van der Waals surface area contributed by atoms with Crippen molar-refractivity contribution < 1.29 is 8.95 Å². The van der Waals surface area contributed by atoms with E-state index < -0.39 is 10.8 Å². The summed E-state index contributed by atoms with van der Waals surface area (Å²) >= 11 is 0. The Hall–Kier alpha value is -2.40. The van der Waals surface area contributed by atoms with Gasteiger partial charge in [-0.25, -0.2) is 4.98 Å². The number of hydrogen-bond donors (Lipinski definition) is 0. The monoisotopic (exact) mass is 354 g/mol. The summed E-state index contributed by atoms with van der Waals surface area (Å²) < 4.78 is 17.0. The highest BCUT2D eigenvalue weighted by Gasteiger charge is 2.12. The van der Waals surface area contributed by atoms with E-state index in [9.17, 15) is 4.21 Å². The average molecular weight is 354 g/mol. The molecule has 0 saturated heterocycles. The largest absolute Gasteiger partial charge is 0.494 e. The van der Waals surface area contributed by atoms with Crippen LogP contribution < -0.4 is 9.64 Å². The summed E-state index contributed by atoms with van der Waals surface area (Å²) in [6.07, 6.45) is 1.69. The highest BCUT2D eigenvalue weighted by atomic mass is 32.2. The van der Waals surface area contributed by atoms with Gasteiger partial charge in [0.15, 0.2) is 0 Å². The number of ether oxygens (including phenoxy) is 1. The van der Waals surface area contributed by atoms with Crippen LogP contribution in [0, 0.1) is 6.92 Å². The highest BCUT2D eigenvalue weighted by Crippen LogP contribution is 2.32. The molecule has 0 N–H and O–H groups in total. The fraction of sp³-hybridized carbons (Fsp3) is 0.250. The van der Waals surface area contributed by atoms with E-state index in [1.807, 2.05) is 43.3 Å². The Labute approximate surface area is 150 Å². The van der Waals surface area contributed by atoms with Gasteiger partial charge in [-0.2, -0.15) is 0 Å². The van der Waals surface area contributed by atoms with E-state index in [2.05, 4.69) is 29.1 Å². The van der Waals surface area contributed by atoms with E-state index >= 15 is 0 Å². The van der Waals surface area contributed by atoms with Gasteiger partial charge in [-0.3, -0.25) is 4.21 Å². The molecule has 2 aromatic carbocycles. The maximum absolute atomic E-state index is 11.5. The number of aromatic nitrogens is 1. The Morgan fingerprint density at radius 2 is 1.88 bits per heavy atom. The molecule has 0 aliphatic heterocycles. The standard InChI is InChI=1S/C20H22N2O2S/c1-14-12-18(17-6-5-7-19(24-3)20(17)21-14)22(2)13-15-8-10-16(11-9-15)25(4)23/h5-12H,13H2,1-4H3. The van der Waals surface area contributed by atoms with Gasteiger partial charge in [0.2, 0.25) is 0 Å². The van der Waals surface area contributed by atoms with E-state index in [1.165, 1.54) is 5.56 Å². The van der Waals surface area contributed by atoms with Crippen molar-refractivity contribution in [2.24, 2.45) is 0 Å². The van der Waals surface area contributed by atoms with Crippen molar-refractivity contribution in [1.82, 2.24) is 4.98 Å². The molecule has 0 fully saturated rings. The number of rotatable bonds is 5. The molecular formula is C20H22N2O2S. The summed E-state index contributed by atoms with van der Waals surface area (Å²) in [4.78, 5) is 7.69. The average Bonchev–Trinajstić information content (AvgIpc) is 2.60. The van der Waals surface area contributed by atoms with E-state index in [0.29, 0.717) is 0 Å². The minimum absolute atomic E-state index is 0.756. The van der Waals surface area contributed by atoms with Gasteiger partial charge in [-0.15, -0.1) is 0 Å². The molecule has 1 atom stereocenters. The number of fused-ring (bicyclic) bond motifs is 1. The zero-order valence-electron chi connectivity index (χ0n) is 14.9. The quantitative estimate of drug-likeness (QED) is 0.696. The molecular weight excluding hydrogens is 332 g/mol. The third-order valence-corrected chi connectivity index (χ3v) is 5.15. The third-order valence-electron chi connectivity index (χ3n) is 4.21. The fourth-order valence-corrected chi connectivity index (χ4v) is 3.47. The minimum atomic E-state index is -0.947. The van der Waals surface area contributed by atoms with Crippen LogP contribution in [0.15, 0.2) is 53.4 Å². The summed E-state index contributed by atoms with van der Waals surface area (Å²) in [5.74, 6) is 0.783. The maximum Gasteiger partial charge on any atom is 0.145 e. The van der Waals surface area contributed by atoms with Crippen LogP contribution in [0.4, 0.5) is 5.69 Å². The number of pyridine rings is 1. The Morgan fingerprint density at radius 1 is 1.16 bits per heavy atom. The summed E-state index contributed by atoms with van der Waals surface area (Å²) in [7, 11) is 2.79. The van der Waals surface area contributed by atoms with Crippen LogP contribution >= 0.6 is 0 Å². The van der Waals surface area contributed by atoms with Gasteiger partial charge in [0.05, 0.1) is 7.11 Å². The summed E-state index contributed by atoms with van der Waals surface area (Å²) in [5, 5.41) is 1.07. The Bertz CT molecular complexity index is 923. The molecule has 1 unspecified atom stereocenters. The van der Waals surface area contributed by atoms with Crippen molar-refractivity contribution >= 4 is 27.4 Å². The number of benzene rings is 2. The summed E-state index contributed by atoms with van der Waals surface area (Å²) in [6, 6.07) is 16.0. The highest BCUT2D eigenvalue weighted by molar-refractivity contribution is 7.84. The number of aryl methyl sites for hydroxylation is 1. The van der Waals surface area contributed by atoms with E-state index in [1.54, 1.807) is 13.4 Å². The molecule has 0 spiro atoms. The van der Waals surface area contributed by atoms with Gasteiger partial charge in [0.1, 0.15) is 11.3 Å². The van der Waals surface area contributed by atoms with Crippen LogP contribution in [0.25, 0.3) is 10.9 Å². The van der Waals surface area contributed by atoms with Crippen molar-refractivity contribution in [3.05, 3.63) is 59.8 Å². The Kier molecular flexibility index (Phi) is 5.04. The molecule has 5 heteroatoms. The first-order valence-corrected chi connectivity index (χ1v) is 9.63. The van der Waals surface area contributed by atoms with E-state index in [4.69, 9.17) is 4.74 Å². The molecule has 1 aromatic heterocycles. The number of anilines is 1. The zero-order valence-corrected chi connectivity index (χ0v) is 15.8. The van der Waals surface area contributed by atoms with E-state index in [-0.39, 0.29) is 0 Å². The maximum atomic E-state index is 11.5. The second-order valence-corrected chi connectivity index (χ2v) is 7.47. The smallest absolute Gasteiger partial charge is 0.145 e. The third kappa shape index (κ3) is 3.66. The molecule has 25 heavy (non-hydrogen) atoms. The van der Waals surface area contributed by atoms with E-state index in [0.717, 1.165) is 39.5 Å². The first-order chi connectivity index (χ1) is 12.0. The van der Waals surface area contributed by atoms with Crippen molar-refractivity contribution in [3.63, 3.8) is 0 Å². The van der Waals surface area contributed by atoms with Gasteiger partial charge in [-0.1, -0.05) is 24.3 Å². The molecule has 0 amide bonds. The number of para-hydroxylation sites is 1. The van der Waals surface area contributed by atoms with Crippen molar-refractivity contribution in [3.8, 4) is 5.75 Å². The van der Waals surface area contributed by atoms with Crippen LogP contribution in [-0.4, -0.2) is 29.6 Å². The Morgan fingerprint density at radius 3 is 2.52 bits per heavy atom. The van der Waals surface area contributed by atoms with Gasteiger partial charge in [0.25, 0.3) is 0 Å². The first-order valence-electron chi connectivity index (χ1n) is 8.07. The second-order valence-electron chi connectivity index (χ2n) is 6.09. The number of nitrogens with zero attached hydrogens (tertiary/aromatic N) is 2. The minimum Gasteiger partial charge on any atom is -0.494 e. The lowest BCUT2D eigenvalue weighted by Crippen LogP contribution is -2.17. The predicted molar refractivity (Wildman–Crippen MR) is 104 cm³/mol. The van der Waals surface area contributed by atoms with Crippen LogP contribution in [0.3, 0.4) is 0 Å². The number of hydrogen-bond acceptors (Lipinski definition) is 4. The second kappa shape index (κ2) is 7.23. The van der Waals surface area contributed by atoms with Crippen LogP contribution in [0.5, 0.6) is 5.75 Å². The zero-order chi connectivity index (χ0) is 18.0. The van der Waals surface area contributed by atoms with Gasteiger partial charge < -0.3 is 9.64 Å². The van der Waals surface area contributed by atoms with Crippen molar-refractivity contribution in [2.75, 3.05) is 25.3 Å². The fourth-order valence-electron chi connectivity index (χ4n) is 2.95. The van der Waals surface area contributed by atoms with Crippen LogP contribution in [0.1, 0.15) is 11.3 Å². The summed E-state index contributed by atoms with van der Waals surface area (Å²) in [6.45, 7) is 2.75. The van der Waals surface area contributed by atoms with Gasteiger partial charge in [0, 0.05) is 52.3 Å². The molecule has 3 aromatic rings. The Balaban J connectivity index is 1.96. The van der Waals surface area contributed by atoms with Crippen LogP contribution in [-0.2, 0) is 17.3 Å². The predicted octanol–water partition coefficient (Wildman–Crippen LogP) is 3.93. The molecule has 130 valence electrons. The summed E-state index contributed by atoms with van der Waals surface area (Å²) in [5.41, 5.74) is 4.12. The molecule has 0 radical (unpaired) electrons. The molecule has 0 bridgehead atoms. The lowest BCUT2D eigenvalue weighted by Gasteiger charge is -2.22. The molecule has 0 aliphatic rings. The lowest BCUT2D eigenvalue weighted by atomic mass is 10.1. The number of methoxy groups -OCH3 is 1. The molecule has 1 heterocycles. The SMILES string of the molecule is COc1cccc2c(N(C)Cc3ccc(S(C)=O)cc3)cc(C)nc12. The van der Waals surface area contributed by atoms with Crippen LogP contribution in [0.2, 0.25) is 0 Å². The van der Waals surface area contributed by atoms with Gasteiger partial charge in [-0.05, 0) is 36.8 Å². The molecule has 0 aliphatic carbocycles. The normalized spacial score (nSPS) is 12.2. The van der Waals surface area contributed by atoms with Gasteiger partial charge >= 0.3 is 0 Å². The van der Waals surface area contributed by atoms with Crippen molar-refractivity contribution in [2.45, 2.75) is 18.4 Å². The topological polar surface area (TPSA) is 42.4 Å². The first kappa shape index (κ1) is 17.4.